The van der Waals surface area contributed by atoms with Gasteiger partial charge in [0.25, 0.3) is 5.91 Å². The van der Waals surface area contributed by atoms with E-state index in [0.717, 1.165) is 16.9 Å². The Kier molecular flexibility index (Phi) is 3.96. The quantitative estimate of drug-likeness (QED) is 0.616. The Hall–Kier alpha value is -3.48. The monoisotopic (exact) mass is 346 g/mol. The summed E-state index contributed by atoms with van der Waals surface area (Å²) in [6, 6.07) is 11.5. The van der Waals surface area contributed by atoms with Crippen LogP contribution in [0.3, 0.4) is 0 Å². The average Bonchev–Trinajstić information content (AvgIpc) is 3.26. The Labute approximate surface area is 150 Å². The van der Waals surface area contributed by atoms with E-state index in [4.69, 9.17) is 0 Å². The molecule has 0 aliphatic carbocycles. The standard InChI is InChI=1S/C19H18N6O/c1-13(16-11-21-25(14(16)2)15-7-4-3-5-8-15)22-18(26)17-12-24-10-6-9-20-19(24)23-17/h3-13H,1-2H3,(H,22,26)/t13-/m1/s1. The molecule has 7 nitrogen and oxygen atoms in total. The summed E-state index contributed by atoms with van der Waals surface area (Å²) in [4.78, 5) is 20.9. The number of nitrogens with zero attached hydrogens (tertiary/aromatic N) is 5. The highest BCUT2D eigenvalue weighted by Crippen LogP contribution is 2.20. The number of hydrogen-bond donors (Lipinski definition) is 1. The van der Waals surface area contributed by atoms with Crippen molar-refractivity contribution in [3.63, 3.8) is 0 Å². The molecule has 1 amide bonds. The lowest BCUT2D eigenvalue weighted by atomic mass is 10.1. The zero-order valence-corrected chi connectivity index (χ0v) is 14.5. The van der Waals surface area contributed by atoms with Crippen molar-refractivity contribution in [3.05, 3.63) is 78.1 Å². The van der Waals surface area contributed by atoms with Crippen molar-refractivity contribution in [1.82, 2.24) is 29.5 Å². The highest BCUT2D eigenvalue weighted by Gasteiger charge is 2.18. The minimum atomic E-state index is -0.241. The highest BCUT2D eigenvalue weighted by atomic mass is 16.2. The molecule has 3 aromatic heterocycles. The summed E-state index contributed by atoms with van der Waals surface area (Å²) in [7, 11) is 0. The molecule has 0 bridgehead atoms. The number of rotatable bonds is 4. The van der Waals surface area contributed by atoms with Gasteiger partial charge in [-0.25, -0.2) is 14.6 Å². The van der Waals surface area contributed by atoms with Crippen LogP contribution < -0.4 is 5.32 Å². The minimum absolute atomic E-state index is 0.197. The van der Waals surface area contributed by atoms with E-state index < -0.39 is 0 Å². The Bertz CT molecular complexity index is 1030. The summed E-state index contributed by atoms with van der Waals surface area (Å²) < 4.78 is 3.59. The van der Waals surface area contributed by atoms with Gasteiger partial charge in [-0.05, 0) is 32.0 Å². The van der Waals surface area contributed by atoms with Crippen LogP contribution in [0.5, 0.6) is 0 Å². The van der Waals surface area contributed by atoms with Gasteiger partial charge in [0, 0.05) is 29.8 Å². The lowest BCUT2D eigenvalue weighted by Gasteiger charge is -2.13. The maximum absolute atomic E-state index is 12.5. The maximum atomic E-state index is 12.5. The van der Waals surface area contributed by atoms with Crippen molar-refractivity contribution in [3.8, 4) is 5.69 Å². The molecule has 0 unspecified atom stereocenters. The van der Waals surface area contributed by atoms with Gasteiger partial charge in [-0.3, -0.25) is 9.20 Å². The molecule has 0 fully saturated rings. The SMILES string of the molecule is Cc1c([C@@H](C)NC(=O)c2cn3cccnc3n2)cnn1-c1ccccc1. The number of aromatic nitrogens is 5. The molecule has 1 atom stereocenters. The van der Waals surface area contributed by atoms with E-state index in [0.29, 0.717) is 11.5 Å². The molecule has 4 rings (SSSR count). The van der Waals surface area contributed by atoms with Crippen LogP contribution in [0.15, 0.2) is 61.2 Å². The number of carbonyl (C=O) groups excluding carboxylic acids is 1. The first-order valence-corrected chi connectivity index (χ1v) is 8.34. The minimum Gasteiger partial charge on any atom is -0.344 e. The molecule has 26 heavy (non-hydrogen) atoms. The van der Waals surface area contributed by atoms with Gasteiger partial charge in [-0.15, -0.1) is 0 Å². The summed E-state index contributed by atoms with van der Waals surface area (Å²) in [6.07, 6.45) is 6.92. The van der Waals surface area contributed by atoms with Crippen LogP contribution in [0.2, 0.25) is 0 Å². The number of fused-ring (bicyclic) bond motifs is 1. The van der Waals surface area contributed by atoms with Crippen molar-refractivity contribution in [1.29, 1.82) is 0 Å². The van der Waals surface area contributed by atoms with E-state index in [-0.39, 0.29) is 11.9 Å². The Morgan fingerprint density at radius 3 is 2.77 bits per heavy atom. The summed E-state index contributed by atoms with van der Waals surface area (Å²) >= 11 is 0. The molecule has 0 aliphatic heterocycles. The van der Waals surface area contributed by atoms with Crippen molar-refractivity contribution in [2.24, 2.45) is 0 Å². The average molecular weight is 346 g/mol. The van der Waals surface area contributed by atoms with Gasteiger partial charge in [0.05, 0.1) is 17.9 Å². The second kappa shape index (κ2) is 6.44. The van der Waals surface area contributed by atoms with Crippen molar-refractivity contribution < 1.29 is 4.79 Å². The third-order valence-electron chi connectivity index (χ3n) is 4.33. The second-order valence-corrected chi connectivity index (χ2v) is 6.08. The molecule has 0 radical (unpaired) electrons. The van der Waals surface area contributed by atoms with Gasteiger partial charge in [0.15, 0.2) is 0 Å². The normalized spacial score (nSPS) is 12.2. The second-order valence-electron chi connectivity index (χ2n) is 6.08. The summed E-state index contributed by atoms with van der Waals surface area (Å²) in [6.45, 7) is 3.93. The molecule has 4 aromatic rings. The fraction of sp³-hybridized carbons (Fsp3) is 0.158. The van der Waals surface area contributed by atoms with Gasteiger partial charge in [0.1, 0.15) is 5.69 Å². The number of para-hydroxylation sites is 1. The summed E-state index contributed by atoms with van der Waals surface area (Å²) in [5, 5.41) is 7.44. The Morgan fingerprint density at radius 2 is 2.00 bits per heavy atom. The topological polar surface area (TPSA) is 77.1 Å². The smallest absolute Gasteiger partial charge is 0.272 e. The van der Waals surface area contributed by atoms with Crippen LogP contribution >= 0.6 is 0 Å². The van der Waals surface area contributed by atoms with Crippen LogP contribution in [-0.4, -0.2) is 30.1 Å². The molecule has 3 heterocycles. The zero-order chi connectivity index (χ0) is 18.1. The highest BCUT2D eigenvalue weighted by molar-refractivity contribution is 5.93. The molecular weight excluding hydrogens is 328 g/mol. The van der Waals surface area contributed by atoms with E-state index in [1.54, 1.807) is 29.1 Å². The van der Waals surface area contributed by atoms with Crippen molar-refractivity contribution in [2.75, 3.05) is 0 Å². The molecule has 1 N–H and O–H groups in total. The van der Waals surface area contributed by atoms with Crippen molar-refractivity contribution >= 4 is 11.7 Å². The number of nitrogens with one attached hydrogen (secondary N) is 1. The molecule has 0 saturated carbocycles. The molecular formula is C19H18N6O. The fourth-order valence-electron chi connectivity index (χ4n) is 2.96. The van der Waals surface area contributed by atoms with Gasteiger partial charge in [0.2, 0.25) is 5.78 Å². The number of imidazole rings is 1. The first-order chi connectivity index (χ1) is 12.6. The molecule has 0 spiro atoms. The predicted molar refractivity (Wildman–Crippen MR) is 97.2 cm³/mol. The molecule has 1 aromatic carbocycles. The van der Waals surface area contributed by atoms with E-state index in [1.807, 2.05) is 55.1 Å². The van der Waals surface area contributed by atoms with Crippen LogP contribution in [-0.2, 0) is 0 Å². The summed E-state index contributed by atoms with van der Waals surface area (Å²) in [5.41, 5.74) is 3.27. The predicted octanol–water partition coefficient (Wildman–Crippen LogP) is 2.71. The lowest BCUT2D eigenvalue weighted by molar-refractivity contribution is 0.0935. The fourth-order valence-corrected chi connectivity index (χ4v) is 2.96. The number of benzene rings is 1. The number of hydrogen-bond acceptors (Lipinski definition) is 4. The zero-order valence-electron chi connectivity index (χ0n) is 14.5. The largest absolute Gasteiger partial charge is 0.344 e. The van der Waals surface area contributed by atoms with Crippen LogP contribution in [0, 0.1) is 6.92 Å². The van der Waals surface area contributed by atoms with E-state index >= 15 is 0 Å². The third-order valence-corrected chi connectivity index (χ3v) is 4.33. The number of amides is 1. The van der Waals surface area contributed by atoms with Crippen molar-refractivity contribution in [2.45, 2.75) is 19.9 Å². The Balaban J connectivity index is 1.55. The molecule has 0 saturated heterocycles. The third kappa shape index (κ3) is 2.83. The van der Waals surface area contributed by atoms with Crippen LogP contribution in [0.25, 0.3) is 11.5 Å². The van der Waals surface area contributed by atoms with E-state index in [1.165, 1.54) is 0 Å². The van der Waals surface area contributed by atoms with E-state index in [9.17, 15) is 4.79 Å². The van der Waals surface area contributed by atoms with Crippen LogP contribution in [0.4, 0.5) is 0 Å². The van der Waals surface area contributed by atoms with Gasteiger partial charge in [-0.2, -0.15) is 5.10 Å². The summed E-state index contributed by atoms with van der Waals surface area (Å²) in [5.74, 6) is 0.258. The van der Waals surface area contributed by atoms with Gasteiger partial charge >= 0.3 is 0 Å². The lowest BCUT2D eigenvalue weighted by Crippen LogP contribution is -2.27. The number of carbonyl (C=O) groups is 1. The van der Waals surface area contributed by atoms with Gasteiger partial charge in [-0.1, -0.05) is 18.2 Å². The van der Waals surface area contributed by atoms with Gasteiger partial charge < -0.3 is 5.32 Å². The first-order valence-electron chi connectivity index (χ1n) is 8.34. The molecule has 0 aliphatic rings. The Morgan fingerprint density at radius 1 is 1.19 bits per heavy atom. The first kappa shape index (κ1) is 16.0. The van der Waals surface area contributed by atoms with Crippen LogP contribution in [0.1, 0.15) is 34.7 Å². The maximum Gasteiger partial charge on any atom is 0.272 e. The molecule has 130 valence electrons. The molecule has 7 heteroatoms. The van der Waals surface area contributed by atoms with E-state index in [2.05, 4.69) is 20.4 Å².